The molecule has 1 aromatic carbocycles. The molecule has 158 valence electrons. The molecule has 1 unspecified atom stereocenters. The predicted octanol–water partition coefficient (Wildman–Crippen LogP) is 3.29. The summed E-state index contributed by atoms with van der Waals surface area (Å²) in [6, 6.07) is 10.2. The maximum Gasteiger partial charge on any atom is 0.223 e. The lowest BCUT2D eigenvalue weighted by molar-refractivity contribution is -0.124. The summed E-state index contributed by atoms with van der Waals surface area (Å²) in [5.74, 6) is 1.82. The number of hydrogen-bond donors (Lipinski definition) is 1. The summed E-state index contributed by atoms with van der Waals surface area (Å²) in [7, 11) is 0. The first-order chi connectivity index (χ1) is 14.5. The molecule has 2 aromatic heterocycles. The van der Waals surface area contributed by atoms with Gasteiger partial charge in [-0.25, -0.2) is 4.98 Å². The van der Waals surface area contributed by atoms with Gasteiger partial charge in [0, 0.05) is 55.2 Å². The largest absolute Gasteiger partial charge is 0.346 e. The SMILES string of the molecule is CC(C)C(=O)NC(C)c1nnc2n1CCN(Cc1cnc(-c3ccccc3)s1)CC2. The molecule has 1 aliphatic heterocycles. The summed E-state index contributed by atoms with van der Waals surface area (Å²) in [6.07, 6.45) is 2.84. The van der Waals surface area contributed by atoms with E-state index in [1.807, 2.05) is 45.2 Å². The quantitative estimate of drug-likeness (QED) is 0.657. The number of amides is 1. The van der Waals surface area contributed by atoms with Crippen LogP contribution in [0.5, 0.6) is 0 Å². The number of thiazole rings is 1. The fraction of sp³-hybridized carbons (Fsp3) is 0.455. The van der Waals surface area contributed by atoms with Gasteiger partial charge in [-0.3, -0.25) is 9.69 Å². The molecule has 4 rings (SSSR count). The Balaban J connectivity index is 1.40. The molecule has 0 aliphatic carbocycles. The van der Waals surface area contributed by atoms with Gasteiger partial charge in [0.25, 0.3) is 0 Å². The minimum Gasteiger partial charge on any atom is -0.346 e. The Bertz CT molecular complexity index is 996. The fourth-order valence-electron chi connectivity index (χ4n) is 3.63. The Morgan fingerprint density at radius 3 is 2.70 bits per heavy atom. The van der Waals surface area contributed by atoms with Crippen LogP contribution in [0.15, 0.2) is 36.5 Å². The highest BCUT2D eigenvalue weighted by atomic mass is 32.1. The molecule has 0 spiro atoms. The van der Waals surface area contributed by atoms with Crippen molar-refractivity contribution < 1.29 is 4.79 Å². The van der Waals surface area contributed by atoms with E-state index in [2.05, 4.69) is 42.1 Å². The second-order valence-corrected chi connectivity index (χ2v) is 9.15. The van der Waals surface area contributed by atoms with Gasteiger partial charge < -0.3 is 9.88 Å². The first kappa shape index (κ1) is 20.7. The van der Waals surface area contributed by atoms with Crippen LogP contribution >= 0.6 is 11.3 Å². The lowest BCUT2D eigenvalue weighted by Crippen LogP contribution is -2.32. The van der Waals surface area contributed by atoms with Gasteiger partial charge in [0.2, 0.25) is 5.91 Å². The lowest BCUT2D eigenvalue weighted by Gasteiger charge is -2.19. The number of aromatic nitrogens is 4. The number of carbonyl (C=O) groups excluding carboxylic acids is 1. The molecule has 1 N–H and O–H groups in total. The highest BCUT2D eigenvalue weighted by Crippen LogP contribution is 2.26. The van der Waals surface area contributed by atoms with E-state index in [1.165, 1.54) is 4.88 Å². The molecule has 3 aromatic rings. The number of nitrogens with one attached hydrogen (secondary N) is 1. The van der Waals surface area contributed by atoms with Gasteiger partial charge in [-0.2, -0.15) is 0 Å². The number of hydrogen-bond acceptors (Lipinski definition) is 6. The van der Waals surface area contributed by atoms with Crippen molar-refractivity contribution in [1.29, 1.82) is 0 Å². The third-order valence-corrected chi connectivity index (χ3v) is 6.40. The highest BCUT2D eigenvalue weighted by Gasteiger charge is 2.23. The van der Waals surface area contributed by atoms with Crippen molar-refractivity contribution in [3.8, 4) is 10.6 Å². The van der Waals surface area contributed by atoms with Crippen molar-refractivity contribution in [1.82, 2.24) is 30.0 Å². The van der Waals surface area contributed by atoms with E-state index in [0.29, 0.717) is 0 Å². The molecule has 30 heavy (non-hydrogen) atoms. The molecule has 0 radical (unpaired) electrons. The van der Waals surface area contributed by atoms with Crippen LogP contribution in [0.4, 0.5) is 0 Å². The zero-order chi connectivity index (χ0) is 21.1. The van der Waals surface area contributed by atoms with Gasteiger partial charge in [-0.1, -0.05) is 44.2 Å². The summed E-state index contributed by atoms with van der Waals surface area (Å²) < 4.78 is 2.17. The molecule has 0 saturated carbocycles. The Labute approximate surface area is 181 Å². The monoisotopic (exact) mass is 424 g/mol. The smallest absolute Gasteiger partial charge is 0.223 e. The van der Waals surface area contributed by atoms with Crippen molar-refractivity contribution in [3.63, 3.8) is 0 Å². The van der Waals surface area contributed by atoms with E-state index in [9.17, 15) is 4.79 Å². The summed E-state index contributed by atoms with van der Waals surface area (Å²) in [6.45, 7) is 9.33. The maximum atomic E-state index is 12.1. The van der Waals surface area contributed by atoms with Gasteiger partial charge in [-0.15, -0.1) is 21.5 Å². The van der Waals surface area contributed by atoms with Gasteiger partial charge in [0.15, 0.2) is 5.82 Å². The molecule has 0 fully saturated rings. The number of fused-ring (bicyclic) bond motifs is 1. The minimum absolute atomic E-state index is 0.0366. The molecule has 3 heterocycles. The third-order valence-electron chi connectivity index (χ3n) is 5.37. The summed E-state index contributed by atoms with van der Waals surface area (Å²) in [4.78, 5) is 20.4. The number of benzene rings is 1. The molecule has 8 heteroatoms. The summed E-state index contributed by atoms with van der Waals surface area (Å²) in [5, 5.41) is 12.9. The van der Waals surface area contributed by atoms with Crippen molar-refractivity contribution >= 4 is 17.2 Å². The number of nitrogens with zero attached hydrogens (tertiary/aromatic N) is 5. The molecule has 0 saturated heterocycles. The van der Waals surface area contributed by atoms with E-state index in [-0.39, 0.29) is 17.9 Å². The molecule has 1 amide bonds. The third kappa shape index (κ3) is 4.60. The molecule has 0 bridgehead atoms. The molecule has 1 atom stereocenters. The van der Waals surface area contributed by atoms with E-state index in [1.54, 1.807) is 11.3 Å². The van der Waals surface area contributed by atoms with Gasteiger partial charge >= 0.3 is 0 Å². The molecule has 1 aliphatic rings. The predicted molar refractivity (Wildman–Crippen MR) is 118 cm³/mol. The number of carbonyl (C=O) groups is 1. The molecule has 7 nitrogen and oxygen atoms in total. The van der Waals surface area contributed by atoms with E-state index in [0.717, 1.165) is 54.8 Å². The van der Waals surface area contributed by atoms with Crippen molar-refractivity contribution in [2.45, 2.75) is 46.3 Å². The van der Waals surface area contributed by atoms with Crippen LogP contribution in [0.25, 0.3) is 10.6 Å². The first-order valence-corrected chi connectivity index (χ1v) is 11.3. The normalized spacial score (nSPS) is 15.6. The van der Waals surface area contributed by atoms with Crippen LogP contribution in [0.2, 0.25) is 0 Å². The van der Waals surface area contributed by atoms with Gasteiger partial charge in [0.1, 0.15) is 10.8 Å². The van der Waals surface area contributed by atoms with Gasteiger partial charge in [-0.05, 0) is 6.92 Å². The van der Waals surface area contributed by atoms with Crippen molar-refractivity contribution in [3.05, 3.63) is 53.1 Å². The Kier molecular flexibility index (Phi) is 6.24. The molecular weight excluding hydrogens is 396 g/mol. The summed E-state index contributed by atoms with van der Waals surface area (Å²) in [5.41, 5.74) is 1.16. The van der Waals surface area contributed by atoms with Gasteiger partial charge in [0.05, 0.1) is 6.04 Å². The average Bonchev–Trinajstić information content (AvgIpc) is 3.32. The Hall–Kier alpha value is -2.58. The molecular formula is C22H28N6OS. The standard InChI is InChI=1S/C22H28N6OS/c1-15(2)21(29)24-16(3)20-26-25-19-9-10-27(11-12-28(19)20)14-18-13-23-22(30-18)17-7-5-4-6-8-17/h4-8,13,15-16H,9-12,14H2,1-3H3,(H,24,29). The minimum atomic E-state index is -0.150. The topological polar surface area (TPSA) is 75.9 Å². The zero-order valence-corrected chi connectivity index (χ0v) is 18.5. The Morgan fingerprint density at radius 1 is 1.13 bits per heavy atom. The van der Waals surface area contributed by atoms with Crippen LogP contribution in [0.1, 0.15) is 43.3 Å². The van der Waals surface area contributed by atoms with Crippen LogP contribution in [-0.4, -0.2) is 43.6 Å². The second kappa shape index (κ2) is 9.06. The van der Waals surface area contributed by atoms with Crippen LogP contribution in [0.3, 0.4) is 0 Å². The van der Waals surface area contributed by atoms with E-state index in [4.69, 9.17) is 0 Å². The van der Waals surface area contributed by atoms with Crippen LogP contribution in [-0.2, 0) is 24.3 Å². The van der Waals surface area contributed by atoms with Crippen molar-refractivity contribution in [2.75, 3.05) is 13.1 Å². The van der Waals surface area contributed by atoms with Crippen molar-refractivity contribution in [2.24, 2.45) is 5.92 Å². The number of rotatable bonds is 6. The lowest BCUT2D eigenvalue weighted by atomic mass is 10.2. The van der Waals surface area contributed by atoms with Crippen LogP contribution < -0.4 is 5.32 Å². The zero-order valence-electron chi connectivity index (χ0n) is 17.7. The average molecular weight is 425 g/mol. The fourth-order valence-corrected chi connectivity index (χ4v) is 4.59. The maximum absolute atomic E-state index is 12.1. The van der Waals surface area contributed by atoms with E-state index < -0.39 is 0 Å². The summed E-state index contributed by atoms with van der Waals surface area (Å²) >= 11 is 1.75. The Morgan fingerprint density at radius 2 is 1.93 bits per heavy atom. The first-order valence-electron chi connectivity index (χ1n) is 10.5. The second-order valence-electron chi connectivity index (χ2n) is 8.03. The highest BCUT2D eigenvalue weighted by molar-refractivity contribution is 7.15. The van der Waals surface area contributed by atoms with Crippen LogP contribution in [0, 0.1) is 5.92 Å². The van der Waals surface area contributed by atoms with E-state index >= 15 is 0 Å².